The molecule has 4 unspecified atom stereocenters. The number of aliphatic hydroxyl groups excluding tert-OH is 1. The van der Waals surface area contributed by atoms with Gasteiger partial charge in [-0.3, -0.25) is 9.69 Å². The van der Waals surface area contributed by atoms with Gasteiger partial charge in [0.05, 0.1) is 13.0 Å². The molecule has 15 heavy (non-hydrogen) atoms. The Morgan fingerprint density at radius 1 is 1.53 bits per heavy atom. The lowest BCUT2D eigenvalue weighted by molar-refractivity contribution is -0.153. The minimum Gasteiger partial charge on any atom is -0.469 e. The van der Waals surface area contributed by atoms with Crippen molar-refractivity contribution in [1.82, 2.24) is 4.90 Å². The minimum atomic E-state index is -0.161. The number of rotatable bonds is 2. The molecule has 0 aromatic rings. The first-order valence-electron chi connectivity index (χ1n) is 5.59. The number of esters is 1. The van der Waals surface area contributed by atoms with E-state index in [4.69, 9.17) is 4.74 Å². The number of aliphatic hydroxyl groups is 1. The molecule has 2 fully saturated rings. The van der Waals surface area contributed by atoms with Gasteiger partial charge in [0.15, 0.2) is 0 Å². The van der Waals surface area contributed by atoms with E-state index in [1.807, 2.05) is 0 Å². The van der Waals surface area contributed by atoms with Gasteiger partial charge in [-0.15, -0.1) is 0 Å². The van der Waals surface area contributed by atoms with Gasteiger partial charge in [0.2, 0.25) is 0 Å². The van der Waals surface area contributed by atoms with Crippen molar-refractivity contribution in [1.29, 1.82) is 0 Å². The molecule has 4 atom stereocenters. The third-order valence-corrected chi connectivity index (χ3v) is 4.10. The molecule has 2 aliphatic rings. The molecule has 2 rings (SSSR count). The Balaban J connectivity index is 2.20. The maximum absolute atomic E-state index is 11.7. The Labute approximate surface area is 90.2 Å². The maximum atomic E-state index is 11.7. The number of methoxy groups -OCH3 is 1. The quantitative estimate of drug-likeness (QED) is 0.668. The van der Waals surface area contributed by atoms with Crippen molar-refractivity contribution in [2.75, 3.05) is 20.8 Å². The van der Waals surface area contributed by atoms with Crippen LogP contribution in [0.15, 0.2) is 0 Å². The topological polar surface area (TPSA) is 49.8 Å². The first-order valence-corrected chi connectivity index (χ1v) is 5.59. The van der Waals surface area contributed by atoms with E-state index in [0.717, 1.165) is 19.3 Å². The Bertz CT molecular complexity index is 256. The average Bonchev–Trinajstić information content (AvgIpc) is 2.52. The second kappa shape index (κ2) is 4.10. The van der Waals surface area contributed by atoms with E-state index in [1.165, 1.54) is 7.11 Å². The number of hydrogen-bond donors (Lipinski definition) is 1. The molecule has 0 aliphatic carbocycles. The van der Waals surface area contributed by atoms with Crippen LogP contribution in [0.2, 0.25) is 0 Å². The van der Waals surface area contributed by atoms with E-state index < -0.39 is 0 Å². The van der Waals surface area contributed by atoms with Crippen LogP contribution in [0.4, 0.5) is 0 Å². The highest BCUT2D eigenvalue weighted by atomic mass is 16.5. The molecule has 4 nitrogen and oxygen atoms in total. The maximum Gasteiger partial charge on any atom is 0.310 e. The van der Waals surface area contributed by atoms with Crippen molar-refractivity contribution in [2.45, 2.75) is 31.3 Å². The standard InChI is InChI=1S/C11H19NO3/c1-12-8-3-4-9(12)10(11(14)15-2)7(5-8)6-13/h7-10,13H,3-6H2,1-2H3. The van der Waals surface area contributed by atoms with Crippen LogP contribution >= 0.6 is 0 Å². The summed E-state index contributed by atoms with van der Waals surface area (Å²) in [5, 5.41) is 9.33. The van der Waals surface area contributed by atoms with Crippen LogP contribution in [0.5, 0.6) is 0 Å². The van der Waals surface area contributed by atoms with Gasteiger partial charge in [-0.05, 0) is 32.2 Å². The van der Waals surface area contributed by atoms with Gasteiger partial charge >= 0.3 is 5.97 Å². The number of carbonyl (C=O) groups is 1. The normalized spacial score (nSPS) is 40.5. The Morgan fingerprint density at radius 3 is 2.87 bits per heavy atom. The van der Waals surface area contributed by atoms with Crippen molar-refractivity contribution < 1.29 is 14.6 Å². The molecule has 0 amide bonds. The van der Waals surface area contributed by atoms with Crippen molar-refractivity contribution in [2.24, 2.45) is 11.8 Å². The molecule has 0 aromatic carbocycles. The summed E-state index contributed by atoms with van der Waals surface area (Å²) in [6.45, 7) is 0.0978. The van der Waals surface area contributed by atoms with Crippen molar-refractivity contribution in [3.8, 4) is 0 Å². The lowest BCUT2D eigenvalue weighted by atomic mass is 9.80. The van der Waals surface area contributed by atoms with Crippen LogP contribution in [-0.4, -0.2) is 48.8 Å². The van der Waals surface area contributed by atoms with Gasteiger partial charge in [0.25, 0.3) is 0 Å². The van der Waals surface area contributed by atoms with Gasteiger partial charge in [0.1, 0.15) is 0 Å². The molecular weight excluding hydrogens is 194 g/mol. The first kappa shape index (κ1) is 10.9. The number of piperidine rings is 1. The highest BCUT2D eigenvalue weighted by Crippen LogP contribution is 2.41. The third-order valence-electron chi connectivity index (χ3n) is 4.10. The lowest BCUT2D eigenvalue weighted by Gasteiger charge is -2.40. The van der Waals surface area contributed by atoms with Crippen LogP contribution < -0.4 is 0 Å². The molecule has 2 heterocycles. The second-order valence-corrected chi connectivity index (χ2v) is 4.69. The highest BCUT2D eigenvalue weighted by molar-refractivity contribution is 5.74. The summed E-state index contributed by atoms with van der Waals surface area (Å²) in [6, 6.07) is 0.821. The van der Waals surface area contributed by atoms with Crippen molar-refractivity contribution >= 4 is 5.97 Å². The minimum absolute atomic E-state index is 0.0890. The summed E-state index contributed by atoms with van der Waals surface area (Å²) in [7, 11) is 3.50. The van der Waals surface area contributed by atoms with Gasteiger partial charge < -0.3 is 9.84 Å². The summed E-state index contributed by atoms with van der Waals surface area (Å²) in [5.74, 6) is -0.207. The monoisotopic (exact) mass is 213 g/mol. The molecule has 0 spiro atoms. The molecule has 2 saturated heterocycles. The molecule has 2 aliphatic heterocycles. The molecule has 4 heteroatoms. The van der Waals surface area contributed by atoms with Gasteiger partial charge in [-0.1, -0.05) is 0 Å². The third kappa shape index (κ3) is 1.66. The van der Waals surface area contributed by atoms with E-state index in [1.54, 1.807) is 0 Å². The number of hydrogen-bond acceptors (Lipinski definition) is 4. The summed E-state index contributed by atoms with van der Waals surface area (Å²) in [5.41, 5.74) is 0. The Morgan fingerprint density at radius 2 is 2.27 bits per heavy atom. The Kier molecular flexibility index (Phi) is 2.98. The lowest BCUT2D eigenvalue weighted by Crippen LogP contribution is -2.50. The van der Waals surface area contributed by atoms with E-state index in [-0.39, 0.29) is 30.5 Å². The number of ether oxygens (including phenoxy) is 1. The van der Waals surface area contributed by atoms with E-state index in [9.17, 15) is 9.90 Å². The predicted octanol–water partition coefficient (Wildman–Crippen LogP) is 0.251. The number of nitrogens with zero attached hydrogens (tertiary/aromatic N) is 1. The predicted molar refractivity (Wildman–Crippen MR) is 55.3 cm³/mol. The molecule has 86 valence electrons. The fourth-order valence-corrected chi connectivity index (χ4v) is 3.24. The summed E-state index contributed by atoms with van der Waals surface area (Å²) >= 11 is 0. The summed E-state index contributed by atoms with van der Waals surface area (Å²) in [4.78, 5) is 14.0. The van der Waals surface area contributed by atoms with Gasteiger partial charge in [-0.25, -0.2) is 0 Å². The molecule has 2 bridgehead atoms. The fourth-order valence-electron chi connectivity index (χ4n) is 3.24. The van der Waals surface area contributed by atoms with Crippen molar-refractivity contribution in [3.63, 3.8) is 0 Å². The zero-order valence-electron chi connectivity index (χ0n) is 9.35. The van der Waals surface area contributed by atoms with Crippen LogP contribution in [0.25, 0.3) is 0 Å². The zero-order valence-corrected chi connectivity index (χ0v) is 9.35. The zero-order chi connectivity index (χ0) is 11.0. The van der Waals surface area contributed by atoms with Crippen LogP contribution in [0.1, 0.15) is 19.3 Å². The Hall–Kier alpha value is -0.610. The van der Waals surface area contributed by atoms with Crippen molar-refractivity contribution in [3.05, 3.63) is 0 Å². The smallest absolute Gasteiger partial charge is 0.310 e. The van der Waals surface area contributed by atoms with Gasteiger partial charge in [-0.2, -0.15) is 0 Å². The summed E-state index contributed by atoms with van der Waals surface area (Å²) < 4.78 is 4.84. The molecule has 0 aromatic heterocycles. The molecule has 1 N–H and O–H groups in total. The van der Waals surface area contributed by atoms with E-state index >= 15 is 0 Å². The van der Waals surface area contributed by atoms with Crippen LogP contribution in [0.3, 0.4) is 0 Å². The van der Waals surface area contributed by atoms with E-state index in [2.05, 4.69) is 11.9 Å². The SMILES string of the molecule is COC(=O)C1C(CO)CC2CCC1N2C. The number of fused-ring (bicyclic) bond motifs is 2. The fraction of sp³-hybridized carbons (Fsp3) is 0.909. The highest BCUT2D eigenvalue weighted by Gasteiger charge is 2.48. The van der Waals surface area contributed by atoms with E-state index in [0.29, 0.717) is 6.04 Å². The molecule has 0 saturated carbocycles. The second-order valence-electron chi connectivity index (χ2n) is 4.69. The molecule has 0 radical (unpaired) electrons. The number of carbonyl (C=O) groups excluding carboxylic acids is 1. The molecular formula is C11H19NO3. The van der Waals surface area contributed by atoms with Crippen LogP contribution in [-0.2, 0) is 9.53 Å². The summed E-state index contributed by atoms with van der Waals surface area (Å²) in [6.07, 6.45) is 3.12. The first-order chi connectivity index (χ1) is 7.19. The average molecular weight is 213 g/mol. The van der Waals surface area contributed by atoms with Gasteiger partial charge in [0, 0.05) is 18.7 Å². The largest absolute Gasteiger partial charge is 0.469 e. The van der Waals surface area contributed by atoms with Crippen LogP contribution in [0, 0.1) is 11.8 Å².